The van der Waals surface area contributed by atoms with Crippen LogP contribution in [0.5, 0.6) is 5.75 Å². The van der Waals surface area contributed by atoms with E-state index in [4.69, 9.17) is 28.4 Å². The third-order valence-electron chi connectivity index (χ3n) is 27.0. The topological polar surface area (TPSA) is 130 Å². The molecule has 0 spiro atoms. The van der Waals surface area contributed by atoms with Crippen molar-refractivity contribution < 1.29 is 48.2 Å². The SMILES string of the molecule is CCCCCCCCCCCCCCCCCCCC[C@@H](C)C[C@@H](C)C[C@@H](C)C[C@@H](C)C(=O)O[C@H](CCCCCCCCCCCCCCCCc1ccc(O[C@@H]2O[C@@H](C)[C@H](O)[C@@H](O)[C@H]2OC)cc1)C[C@@H](CCCC[C@H](C)[C@@H](CC)OC)OC(=O)[C@H](C)C[C@H](C)C[C@H](C)C[C@H](C)CCCCCCCCCCCCCCCCCCCC. The first-order valence-corrected chi connectivity index (χ1v) is 51.5. The Bertz CT molecular complexity index is 2290. The van der Waals surface area contributed by atoms with Gasteiger partial charge >= 0.3 is 11.9 Å². The molecule has 1 aliphatic heterocycles. The average Bonchev–Trinajstić information content (AvgIpc) is 0.810. The van der Waals surface area contributed by atoms with Gasteiger partial charge in [-0.3, -0.25) is 9.59 Å². The molecule has 1 aromatic carbocycles. The number of aliphatic hydroxyl groups excluding tert-OH is 2. The molecule has 0 aromatic heterocycles. The highest BCUT2D eigenvalue weighted by molar-refractivity contribution is 5.72. The highest BCUT2D eigenvalue weighted by Crippen LogP contribution is 2.33. The molecule has 0 bridgehead atoms. The van der Waals surface area contributed by atoms with E-state index >= 15 is 0 Å². The van der Waals surface area contributed by atoms with Crippen molar-refractivity contribution in [1.82, 2.24) is 0 Å². The molecule has 1 aliphatic rings. The van der Waals surface area contributed by atoms with Crippen LogP contribution < -0.4 is 4.74 Å². The Kier molecular flexibility index (Phi) is 71.3. The predicted octanol–water partition coefficient (Wildman–Crippen LogP) is 32.1. The summed E-state index contributed by atoms with van der Waals surface area (Å²) in [6, 6.07) is 8.12. The van der Waals surface area contributed by atoms with Crippen LogP contribution in [-0.2, 0) is 39.7 Å². The van der Waals surface area contributed by atoms with Crippen molar-refractivity contribution >= 4 is 11.9 Å². The van der Waals surface area contributed by atoms with E-state index in [-0.39, 0.29) is 42.1 Å². The fraction of sp³-hybridized carbons (Fsp3) is 0.925. The van der Waals surface area contributed by atoms with Crippen molar-refractivity contribution in [2.75, 3.05) is 14.2 Å². The fourth-order valence-electron chi connectivity index (χ4n) is 19.7. The lowest BCUT2D eigenvalue weighted by Gasteiger charge is -2.40. The number of aliphatic hydroxyl groups is 2. The molecule has 0 amide bonds. The van der Waals surface area contributed by atoms with E-state index < -0.39 is 30.7 Å². The monoisotopic (exact) mass is 1630 g/mol. The van der Waals surface area contributed by atoms with E-state index in [0.29, 0.717) is 41.8 Å². The summed E-state index contributed by atoms with van der Waals surface area (Å²) in [6.07, 6.45) is 80.6. The van der Waals surface area contributed by atoms with Crippen molar-refractivity contribution in [2.24, 2.45) is 53.3 Å². The smallest absolute Gasteiger partial charge is 0.308 e. The summed E-state index contributed by atoms with van der Waals surface area (Å²) in [4.78, 5) is 28.9. The molecule has 1 saturated heterocycles. The molecular weight excluding hydrogens is 1430 g/mol. The Hall–Kier alpha value is -2.24. The van der Waals surface area contributed by atoms with Gasteiger partial charge in [-0.1, -0.05) is 423 Å². The minimum absolute atomic E-state index is 0.0678. The zero-order valence-corrected chi connectivity index (χ0v) is 80.0. The second-order valence-corrected chi connectivity index (χ2v) is 39.4. The van der Waals surface area contributed by atoms with E-state index in [1.165, 1.54) is 347 Å². The van der Waals surface area contributed by atoms with Crippen molar-refractivity contribution in [2.45, 2.75) is 563 Å². The second-order valence-electron chi connectivity index (χ2n) is 39.4. The third kappa shape index (κ3) is 59.5. The normalized spacial score (nSPS) is 19.1. The number of ether oxygens (including phenoxy) is 6. The highest BCUT2D eigenvalue weighted by atomic mass is 16.7. The Morgan fingerprint density at radius 3 is 0.974 bits per heavy atom. The number of benzene rings is 1. The van der Waals surface area contributed by atoms with Crippen LogP contribution in [0.3, 0.4) is 0 Å². The van der Waals surface area contributed by atoms with Gasteiger partial charge in [0.1, 0.15) is 36.3 Å². The minimum atomic E-state index is -1.08. The standard InChI is InChI=1S/C106H200O10/c1-16-19-21-23-25-27-29-31-33-35-37-39-43-47-51-55-59-63-69-86(4)79-88(6)81-90(8)83-93(11)104(109)114-98(73-66-62-58-54-50-46-42-41-45-49-53-57-61-65-72-96-75-77-97(78-76-96)116-106-103(112-15)102(108)101(107)95(13)113-106)85-99(74-68-67-71-92(10)100(18-3)111-14)115-105(110)94(12)84-91(9)82-89(7)80-87(5)70-64-60-56-52-48-44-40-38-36-34-32-30-28-26-24-22-20-17-2/h75-78,86-95,98-103,106-108H,16-74,79-85H2,1-15H3/t86-,87-,88-,89-,90-,91-,92+,93-,94-,95+,98-,99-,100-,101+,102-,103-,106+/m1/s1. The van der Waals surface area contributed by atoms with Crippen molar-refractivity contribution in [3.8, 4) is 5.75 Å². The van der Waals surface area contributed by atoms with Gasteiger partial charge in [-0.15, -0.1) is 0 Å². The number of aryl methyl sites for hydroxylation is 1. The van der Waals surface area contributed by atoms with Crippen molar-refractivity contribution in [3.05, 3.63) is 29.8 Å². The van der Waals surface area contributed by atoms with Gasteiger partial charge in [0.15, 0.2) is 0 Å². The largest absolute Gasteiger partial charge is 0.462 e. The van der Waals surface area contributed by atoms with Crippen LogP contribution in [0.1, 0.15) is 513 Å². The maximum atomic E-state index is 14.5. The van der Waals surface area contributed by atoms with Crippen LogP contribution in [0.15, 0.2) is 24.3 Å². The molecule has 2 N–H and O–H groups in total. The summed E-state index contributed by atoms with van der Waals surface area (Å²) in [7, 11) is 3.33. The number of carbonyl (C=O) groups is 2. The second kappa shape index (κ2) is 75.3. The van der Waals surface area contributed by atoms with Crippen LogP contribution in [0.4, 0.5) is 0 Å². The van der Waals surface area contributed by atoms with Gasteiger partial charge in [0.05, 0.1) is 24.0 Å². The molecule has 17 atom stereocenters. The van der Waals surface area contributed by atoms with E-state index in [0.717, 1.165) is 95.3 Å². The molecule has 1 aromatic rings. The number of rotatable bonds is 84. The molecule has 116 heavy (non-hydrogen) atoms. The maximum absolute atomic E-state index is 14.5. The highest BCUT2D eigenvalue weighted by Gasteiger charge is 2.44. The minimum Gasteiger partial charge on any atom is -0.462 e. The summed E-state index contributed by atoms with van der Waals surface area (Å²) in [5, 5.41) is 20.7. The van der Waals surface area contributed by atoms with Crippen molar-refractivity contribution in [1.29, 1.82) is 0 Å². The zero-order valence-electron chi connectivity index (χ0n) is 80.0. The van der Waals surface area contributed by atoms with Gasteiger partial charge in [-0.2, -0.15) is 0 Å². The Balaban J connectivity index is 1.93. The van der Waals surface area contributed by atoms with Crippen LogP contribution in [-0.4, -0.2) is 85.4 Å². The summed E-state index contributed by atoms with van der Waals surface area (Å²) in [5.74, 6) is 4.26. The summed E-state index contributed by atoms with van der Waals surface area (Å²) in [6.45, 7) is 29.6. The number of esters is 2. The molecular formula is C106H200O10. The molecule has 0 radical (unpaired) electrons. The molecule has 2 rings (SSSR count). The Morgan fingerprint density at radius 2 is 0.647 bits per heavy atom. The number of carbonyl (C=O) groups excluding carboxylic acids is 2. The van der Waals surface area contributed by atoms with Crippen LogP contribution >= 0.6 is 0 Å². The fourth-order valence-corrected chi connectivity index (χ4v) is 19.7. The number of hydrogen-bond donors (Lipinski definition) is 2. The summed E-state index contributed by atoms with van der Waals surface area (Å²) in [5.41, 5.74) is 1.29. The van der Waals surface area contributed by atoms with E-state index in [9.17, 15) is 19.8 Å². The third-order valence-corrected chi connectivity index (χ3v) is 27.0. The molecule has 10 nitrogen and oxygen atoms in total. The number of methoxy groups -OCH3 is 2. The van der Waals surface area contributed by atoms with Gasteiger partial charge in [0.25, 0.3) is 0 Å². The molecule has 0 aliphatic carbocycles. The summed E-state index contributed by atoms with van der Waals surface area (Å²) >= 11 is 0. The predicted molar refractivity (Wildman–Crippen MR) is 498 cm³/mol. The van der Waals surface area contributed by atoms with Gasteiger partial charge < -0.3 is 38.6 Å². The first kappa shape index (κ1) is 110. The quantitative estimate of drug-likeness (QED) is 0.0480. The van der Waals surface area contributed by atoms with Gasteiger partial charge in [0.2, 0.25) is 6.29 Å². The lowest BCUT2D eigenvalue weighted by molar-refractivity contribution is -0.274. The van der Waals surface area contributed by atoms with Gasteiger partial charge in [-0.25, -0.2) is 0 Å². The van der Waals surface area contributed by atoms with E-state index in [1.807, 2.05) is 19.2 Å². The number of unbranched alkanes of at least 4 members (excludes halogenated alkanes) is 48. The molecule has 0 saturated carbocycles. The number of hydrogen-bond acceptors (Lipinski definition) is 10. The van der Waals surface area contributed by atoms with Gasteiger partial charge in [0, 0.05) is 20.6 Å². The molecule has 684 valence electrons. The molecule has 10 heteroatoms. The Labute approximate surface area is 722 Å². The molecule has 1 fully saturated rings. The lowest BCUT2D eigenvalue weighted by Crippen LogP contribution is -2.58. The maximum Gasteiger partial charge on any atom is 0.308 e. The molecule has 0 unspecified atom stereocenters. The molecule has 1 heterocycles. The Morgan fingerprint density at radius 1 is 0.353 bits per heavy atom. The van der Waals surface area contributed by atoms with Gasteiger partial charge in [-0.05, 0) is 156 Å². The van der Waals surface area contributed by atoms with Crippen molar-refractivity contribution in [3.63, 3.8) is 0 Å². The summed E-state index contributed by atoms with van der Waals surface area (Å²) < 4.78 is 36.5. The first-order chi connectivity index (χ1) is 56.2. The first-order valence-electron chi connectivity index (χ1n) is 51.5. The lowest BCUT2D eigenvalue weighted by atomic mass is 9.84. The zero-order chi connectivity index (χ0) is 84.9. The van der Waals surface area contributed by atoms with E-state index in [2.05, 4.69) is 95.2 Å². The van der Waals surface area contributed by atoms with E-state index in [1.54, 1.807) is 6.92 Å². The van der Waals surface area contributed by atoms with Crippen LogP contribution in [0.2, 0.25) is 0 Å². The average molecular weight is 1630 g/mol. The van der Waals surface area contributed by atoms with Crippen LogP contribution in [0, 0.1) is 53.3 Å². The van der Waals surface area contributed by atoms with Crippen LogP contribution in [0.25, 0.3) is 0 Å².